The molecule has 2 aromatic heterocycles. The Labute approximate surface area is 443 Å². The van der Waals surface area contributed by atoms with Crippen molar-refractivity contribution in [2.75, 3.05) is 9.80 Å². The van der Waals surface area contributed by atoms with Gasteiger partial charge in [0.1, 0.15) is 11.2 Å². The van der Waals surface area contributed by atoms with Crippen molar-refractivity contribution in [3.8, 4) is 22.3 Å². The lowest BCUT2D eigenvalue weighted by Crippen LogP contribution is -2.14. The molecule has 12 aromatic carbocycles. The van der Waals surface area contributed by atoms with Crippen LogP contribution in [0.4, 0.5) is 34.1 Å². The van der Waals surface area contributed by atoms with Gasteiger partial charge >= 0.3 is 0 Å². The molecule has 0 aliphatic carbocycles. The van der Waals surface area contributed by atoms with E-state index in [0.717, 1.165) is 89.1 Å². The minimum Gasteiger partial charge on any atom is -0.454 e. The predicted octanol–water partition coefficient (Wildman–Crippen LogP) is 21.5. The summed E-state index contributed by atoms with van der Waals surface area (Å²) in [6.07, 6.45) is 0. The molecule has 0 atom stereocenters. The number of aryl methyl sites for hydroxylation is 2. The number of para-hydroxylation sites is 2. The summed E-state index contributed by atoms with van der Waals surface area (Å²) in [4.78, 5) is 4.98. The van der Waals surface area contributed by atoms with E-state index in [1.165, 1.54) is 65.7 Å². The van der Waals surface area contributed by atoms with Crippen LogP contribution >= 0.6 is 0 Å². The van der Waals surface area contributed by atoms with Crippen LogP contribution in [0.1, 0.15) is 61.8 Å². The number of anilines is 6. The first kappa shape index (κ1) is 45.5. The smallest absolute Gasteiger partial charge is 0.159 e. The first-order valence-corrected chi connectivity index (χ1v) is 26.7. The molecule has 76 heavy (non-hydrogen) atoms. The van der Waals surface area contributed by atoms with Gasteiger partial charge in [0.2, 0.25) is 0 Å². The number of furan rings is 2. The highest BCUT2D eigenvalue weighted by Crippen LogP contribution is 2.54. The number of hydrogen-bond donors (Lipinski definition) is 0. The molecule has 0 amide bonds. The van der Waals surface area contributed by atoms with Crippen molar-refractivity contribution in [1.29, 1.82) is 0 Å². The van der Waals surface area contributed by atoms with E-state index in [-0.39, 0.29) is 11.8 Å². The van der Waals surface area contributed by atoms with Crippen LogP contribution < -0.4 is 9.80 Å². The quantitative estimate of drug-likeness (QED) is 0.128. The Balaban J connectivity index is 1.09. The average Bonchev–Trinajstić information content (AvgIpc) is 4.13. The molecule has 4 nitrogen and oxygen atoms in total. The molecule has 0 aliphatic heterocycles. The van der Waals surface area contributed by atoms with Gasteiger partial charge in [0.15, 0.2) is 11.2 Å². The summed E-state index contributed by atoms with van der Waals surface area (Å²) in [5, 5.41) is 11.8. The van der Waals surface area contributed by atoms with Gasteiger partial charge in [0.25, 0.3) is 0 Å². The van der Waals surface area contributed by atoms with Gasteiger partial charge in [-0.25, -0.2) is 0 Å². The van der Waals surface area contributed by atoms with Gasteiger partial charge < -0.3 is 18.6 Å². The molecule has 14 aromatic rings. The zero-order chi connectivity index (χ0) is 51.3. The van der Waals surface area contributed by atoms with Crippen LogP contribution in [-0.2, 0) is 0 Å². The highest BCUT2D eigenvalue weighted by molar-refractivity contribution is 6.30. The number of rotatable bonds is 10. The van der Waals surface area contributed by atoms with Gasteiger partial charge in [-0.1, -0.05) is 198 Å². The van der Waals surface area contributed by atoms with Crippen LogP contribution in [0.25, 0.3) is 98.4 Å². The van der Waals surface area contributed by atoms with E-state index < -0.39 is 0 Å². The standard InChI is InChI=1S/C72H56N2O2/c1-43(2)61-41-63(73(51-31-27-49(28-32-51)47-17-9-7-10-18-47)69-45(5)25-35-57-53-21-13-15-23-65(53)75-71(57)69)59-40-38-56-62(44(3)4)42-64(60-39-37-55(61)67(59)68(56)60)74(52-33-29-50(30-34-52)48-19-11-8-12-20-48)70-46(6)26-36-58-54-22-14-16-24-66(54)76-72(58)70/h7-44H,1-6H3. The summed E-state index contributed by atoms with van der Waals surface area (Å²) in [7, 11) is 0. The molecule has 0 bridgehead atoms. The summed E-state index contributed by atoms with van der Waals surface area (Å²) < 4.78 is 14.0. The second kappa shape index (κ2) is 17.8. The van der Waals surface area contributed by atoms with Crippen molar-refractivity contribution in [1.82, 2.24) is 0 Å². The topological polar surface area (TPSA) is 32.8 Å². The van der Waals surface area contributed by atoms with Crippen molar-refractivity contribution < 1.29 is 8.83 Å². The third-order valence-electron chi connectivity index (χ3n) is 16.0. The number of hydrogen-bond acceptors (Lipinski definition) is 4. The third-order valence-corrected chi connectivity index (χ3v) is 16.0. The van der Waals surface area contributed by atoms with Crippen molar-refractivity contribution in [2.45, 2.75) is 53.4 Å². The minimum absolute atomic E-state index is 0.214. The average molecular weight is 981 g/mol. The normalized spacial score (nSPS) is 12.1. The molecule has 0 aliphatic rings. The molecule has 4 heteroatoms. The summed E-state index contributed by atoms with van der Waals surface area (Å²) >= 11 is 0. The maximum atomic E-state index is 6.99. The maximum absolute atomic E-state index is 6.99. The predicted molar refractivity (Wildman–Crippen MR) is 323 cm³/mol. The van der Waals surface area contributed by atoms with Crippen LogP contribution in [0.5, 0.6) is 0 Å². The lowest BCUT2D eigenvalue weighted by atomic mass is 9.84. The molecule has 366 valence electrons. The van der Waals surface area contributed by atoms with Crippen molar-refractivity contribution in [2.24, 2.45) is 0 Å². The second-order valence-corrected chi connectivity index (χ2v) is 21.3. The van der Waals surface area contributed by atoms with E-state index in [1.54, 1.807) is 0 Å². The lowest BCUT2D eigenvalue weighted by Gasteiger charge is -2.32. The molecule has 0 saturated carbocycles. The summed E-state index contributed by atoms with van der Waals surface area (Å²) in [6.45, 7) is 13.8. The first-order valence-electron chi connectivity index (χ1n) is 26.7. The lowest BCUT2D eigenvalue weighted by molar-refractivity contribution is 0.668. The monoisotopic (exact) mass is 980 g/mol. The molecule has 2 heterocycles. The Morgan fingerprint density at radius 1 is 0.316 bits per heavy atom. The third kappa shape index (κ3) is 7.12. The van der Waals surface area contributed by atoms with Crippen LogP contribution in [0.15, 0.2) is 227 Å². The molecular formula is C72H56N2O2. The van der Waals surface area contributed by atoms with E-state index in [1.807, 2.05) is 0 Å². The Bertz CT molecular complexity index is 4230. The molecule has 14 rings (SSSR count). The molecule has 0 saturated heterocycles. The number of benzene rings is 12. The fourth-order valence-electron chi connectivity index (χ4n) is 12.3. The molecule has 0 N–H and O–H groups in total. The van der Waals surface area contributed by atoms with Crippen LogP contribution in [0, 0.1) is 13.8 Å². The zero-order valence-corrected chi connectivity index (χ0v) is 43.7. The van der Waals surface area contributed by atoms with Crippen molar-refractivity contribution in [3.05, 3.63) is 241 Å². The van der Waals surface area contributed by atoms with E-state index in [9.17, 15) is 0 Å². The van der Waals surface area contributed by atoms with Gasteiger partial charge in [-0.15, -0.1) is 0 Å². The largest absolute Gasteiger partial charge is 0.454 e. The van der Waals surface area contributed by atoms with Crippen molar-refractivity contribution >= 4 is 110 Å². The fourth-order valence-corrected chi connectivity index (χ4v) is 12.3. The van der Waals surface area contributed by atoms with Gasteiger partial charge in [-0.05, 0) is 140 Å². The van der Waals surface area contributed by atoms with Crippen molar-refractivity contribution in [3.63, 3.8) is 0 Å². The Kier molecular flexibility index (Phi) is 10.6. The van der Waals surface area contributed by atoms with E-state index in [2.05, 4.69) is 270 Å². The Morgan fingerprint density at radius 2 is 0.658 bits per heavy atom. The van der Waals surface area contributed by atoms with Crippen LogP contribution in [0.2, 0.25) is 0 Å². The summed E-state index contributed by atoms with van der Waals surface area (Å²) in [5.41, 5.74) is 19.5. The molecule has 0 unspecified atom stereocenters. The highest BCUT2D eigenvalue weighted by atomic mass is 16.3. The summed E-state index contributed by atoms with van der Waals surface area (Å²) in [6, 6.07) is 79.8. The van der Waals surface area contributed by atoms with Gasteiger partial charge in [0.05, 0.1) is 22.7 Å². The molecular weight excluding hydrogens is 925 g/mol. The highest BCUT2D eigenvalue weighted by Gasteiger charge is 2.30. The van der Waals surface area contributed by atoms with E-state index in [4.69, 9.17) is 8.83 Å². The molecule has 0 spiro atoms. The number of fused-ring (bicyclic) bond motifs is 6. The van der Waals surface area contributed by atoms with Gasteiger partial charge in [-0.2, -0.15) is 0 Å². The Morgan fingerprint density at radius 3 is 1.05 bits per heavy atom. The minimum atomic E-state index is 0.214. The SMILES string of the molecule is Cc1ccc2c(oc3ccccc32)c1N(c1ccc(-c2ccccc2)cc1)c1cc(C(C)C)c2ccc3c(N(c4ccc(-c5ccccc5)cc4)c4c(C)ccc5c4oc4ccccc45)cc(C(C)C)c4ccc1c2c43. The summed E-state index contributed by atoms with van der Waals surface area (Å²) in [5.74, 6) is 0.427. The Hall–Kier alpha value is -9.12. The molecule has 0 fully saturated rings. The first-order chi connectivity index (χ1) is 37.2. The van der Waals surface area contributed by atoms with E-state index in [0.29, 0.717) is 0 Å². The van der Waals surface area contributed by atoms with E-state index >= 15 is 0 Å². The van der Waals surface area contributed by atoms with Gasteiger partial charge in [-0.3, -0.25) is 0 Å². The molecule has 0 radical (unpaired) electrons. The van der Waals surface area contributed by atoms with Crippen LogP contribution in [-0.4, -0.2) is 0 Å². The maximum Gasteiger partial charge on any atom is 0.159 e. The van der Waals surface area contributed by atoms with Crippen LogP contribution in [0.3, 0.4) is 0 Å². The fraction of sp³-hybridized carbons (Fsp3) is 0.111. The number of nitrogens with zero attached hydrogens (tertiary/aromatic N) is 2. The van der Waals surface area contributed by atoms with Gasteiger partial charge in [0, 0.05) is 43.7 Å². The zero-order valence-electron chi connectivity index (χ0n) is 43.7. The second-order valence-electron chi connectivity index (χ2n) is 21.3.